The van der Waals surface area contributed by atoms with Gasteiger partial charge in [-0.1, -0.05) is 12.2 Å². The zero-order chi connectivity index (χ0) is 9.56. The molecule has 0 rings (SSSR count). The molecular weight excluding hydrogens is 174 g/mol. The maximum atomic E-state index is 11.3. The SMILES string of the molecule is C=C(C)CN(CC)C(=O)CCCl. The van der Waals surface area contributed by atoms with Crippen LogP contribution in [0.25, 0.3) is 0 Å². The fraction of sp³-hybridized carbons (Fsp3) is 0.667. The predicted octanol–water partition coefficient (Wildman–Crippen LogP) is 2.04. The molecule has 0 aromatic rings. The second-order valence-corrected chi connectivity index (χ2v) is 3.18. The van der Waals surface area contributed by atoms with Crippen LogP contribution in [0.4, 0.5) is 0 Å². The Morgan fingerprint density at radius 3 is 2.50 bits per heavy atom. The van der Waals surface area contributed by atoms with Gasteiger partial charge < -0.3 is 4.90 Å². The number of likely N-dealkylation sites (N-methyl/N-ethyl adjacent to an activating group) is 1. The van der Waals surface area contributed by atoms with Gasteiger partial charge in [0.25, 0.3) is 0 Å². The van der Waals surface area contributed by atoms with Gasteiger partial charge in [0.05, 0.1) is 0 Å². The summed E-state index contributed by atoms with van der Waals surface area (Å²) in [6, 6.07) is 0. The first-order valence-electron chi connectivity index (χ1n) is 4.10. The summed E-state index contributed by atoms with van der Waals surface area (Å²) < 4.78 is 0. The first-order chi connectivity index (χ1) is 5.61. The van der Waals surface area contributed by atoms with Crippen molar-refractivity contribution in [2.24, 2.45) is 0 Å². The Balaban J connectivity index is 3.96. The highest BCUT2D eigenvalue weighted by Gasteiger charge is 2.09. The number of amides is 1. The molecule has 0 spiro atoms. The Labute approximate surface area is 79.2 Å². The molecule has 0 aliphatic rings. The summed E-state index contributed by atoms with van der Waals surface area (Å²) in [7, 11) is 0. The van der Waals surface area contributed by atoms with Crippen molar-refractivity contribution in [2.75, 3.05) is 19.0 Å². The van der Waals surface area contributed by atoms with Gasteiger partial charge >= 0.3 is 0 Å². The van der Waals surface area contributed by atoms with Gasteiger partial charge in [-0.05, 0) is 13.8 Å². The van der Waals surface area contributed by atoms with E-state index in [1.54, 1.807) is 4.90 Å². The standard InChI is InChI=1S/C9H16ClNO/c1-4-11(7-8(2)3)9(12)5-6-10/h2,4-7H2,1,3H3. The van der Waals surface area contributed by atoms with Crippen molar-refractivity contribution in [2.45, 2.75) is 20.3 Å². The number of alkyl halides is 1. The maximum absolute atomic E-state index is 11.3. The van der Waals surface area contributed by atoms with Gasteiger partial charge in [-0.15, -0.1) is 11.6 Å². The van der Waals surface area contributed by atoms with E-state index in [1.165, 1.54) is 0 Å². The Bertz CT molecular complexity index is 168. The zero-order valence-electron chi connectivity index (χ0n) is 7.77. The van der Waals surface area contributed by atoms with Crippen LogP contribution >= 0.6 is 11.6 Å². The average molecular weight is 190 g/mol. The molecular formula is C9H16ClNO. The van der Waals surface area contributed by atoms with E-state index in [2.05, 4.69) is 6.58 Å². The van der Waals surface area contributed by atoms with Crippen molar-refractivity contribution in [3.63, 3.8) is 0 Å². The highest BCUT2D eigenvalue weighted by atomic mass is 35.5. The average Bonchev–Trinajstić information content (AvgIpc) is 2.00. The van der Waals surface area contributed by atoms with Gasteiger partial charge in [0, 0.05) is 25.4 Å². The number of carbonyl (C=O) groups is 1. The summed E-state index contributed by atoms with van der Waals surface area (Å²) in [5, 5.41) is 0. The van der Waals surface area contributed by atoms with E-state index >= 15 is 0 Å². The molecule has 0 saturated carbocycles. The van der Waals surface area contributed by atoms with Gasteiger partial charge in [0.15, 0.2) is 0 Å². The molecule has 0 aromatic carbocycles. The van der Waals surface area contributed by atoms with E-state index in [0.717, 1.165) is 12.1 Å². The number of hydrogen-bond acceptors (Lipinski definition) is 1. The summed E-state index contributed by atoms with van der Waals surface area (Å²) in [6.45, 7) is 9.00. The molecule has 2 nitrogen and oxygen atoms in total. The fourth-order valence-electron chi connectivity index (χ4n) is 0.941. The number of rotatable bonds is 5. The van der Waals surface area contributed by atoms with E-state index in [-0.39, 0.29) is 5.91 Å². The molecule has 0 saturated heterocycles. The summed E-state index contributed by atoms with van der Waals surface area (Å²) in [4.78, 5) is 13.1. The van der Waals surface area contributed by atoms with Crippen molar-refractivity contribution < 1.29 is 4.79 Å². The van der Waals surface area contributed by atoms with Crippen LogP contribution in [0.2, 0.25) is 0 Å². The molecule has 0 radical (unpaired) electrons. The maximum Gasteiger partial charge on any atom is 0.224 e. The Kier molecular flexibility index (Phi) is 5.81. The molecule has 12 heavy (non-hydrogen) atoms. The summed E-state index contributed by atoms with van der Waals surface area (Å²) in [6.07, 6.45) is 0.419. The zero-order valence-corrected chi connectivity index (χ0v) is 8.52. The minimum absolute atomic E-state index is 0.107. The molecule has 0 unspecified atom stereocenters. The van der Waals surface area contributed by atoms with Crippen LogP contribution in [0.5, 0.6) is 0 Å². The molecule has 0 aliphatic carbocycles. The van der Waals surface area contributed by atoms with E-state index in [1.807, 2.05) is 13.8 Å². The monoisotopic (exact) mass is 189 g/mol. The van der Waals surface area contributed by atoms with E-state index in [4.69, 9.17) is 11.6 Å². The molecule has 0 bridgehead atoms. The molecule has 70 valence electrons. The number of nitrogens with zero attached hydrogens (tertiary/aromatic N) is 1. The fourth-order valence-corrected chi connectivity index (χ4v) is 1.10. The van der Waals surface area contributed by atoms with Crippen molar-refractivity contribution in [1.82, 2.24) is 4.90 Å². The van der Waals surface area contributed by atoms with Crippen LogP contribution in [-0.2, 0) is 4.79 Å². The Morgan fingerprint density at radius 2 is 2.17 bits per heavy atom. The van der Waals surface area contributed by atoms with E-state index in [9.17, 15) is 4.79 Å². The van der Waals surface area contributed by atoms with Gasteiger partial charge in [-0.3, -0.25) is 4.79 Å². The molecule has 1 amide bonds. The highest BCUT2D eigenvalue weighted by Crippen LogP contribution is 1.99. The van der Waals surface area contributed by atoms with Crippen molar-refractivity contribution in [3.05, 3.63) is 12.2 Å². The molecule has 3 heteroatoms. The Hall–Kier alpha value is -0.500. The molecule has 0 fully saturated rings. The molecule has 0 N–H and O–H groups in total. The number of hydrogen-bond donors (Lipinski definition) is 0. The lowest BCUT2D eigenvalue weighted by atomic mass is 10.3. The minimum atomic E-state index is 0.107. The second-order valence-electron chi connectivity index (χ2n) is 2.80. The number of carbonyl (C=O) groups excluding carboxylic acids is 1. The van der Waals surface area contributed by atoms with Crippen LogP contribution in [0.1, 0.15) is 20.3 Å². The predicted molar refractivity (Wildman–Crippen MR) is 52.4 cm³/mol. The largest absolute Gasteiger partial charge is 0.339 e. The van der Waals surface area contributed by atoms with E-state index in [0.29, 0.717) is 18.8 Å². The van der Waals surface area contributed by atoms with Crippen LogP contribution < -0.4 is 0 Å². The van der Waals surface area contributed by atoms with Gasteiger partial charge in [0.1, 0.15) is 0 Å². The lowest BCUT2D eigenvalue weighted by molar-refractivity contribution is -0.130. The first kappa shape index (κ1) is 11.5. The third-order valence-corrected chi connectivity index (χ3v) is 1.69. The molecule has 0 aliphatic heterocycles. The highest BCUT2D eigenvalue weighted by molar-refractivity contribution is 6.18. The van der Waals surface area contributed by atoms with Gasteiger partial charge in [0.2, 0.25) is 5.91 Å². The summed E-state index contributed by atoms with van der Waals surface area (Å²) >= 11 is 5.46. The summed E-state index contributed by atoms with van der Waals surface area (Å²) in [5.41, 5.74) is 1.000. The van der Waals surface area contributed by atoms with Crippen LogP contribution in [0.15, 0.2) is 12.2 Å². The lowest BCUT2D eigenvalue weighted by Gasteiger charge is -2.20. The quantitative estimate of drug-likeness (QED) is 0.479. The molecule has 0 atom stereocenters. The van der Waals surface area contributed by atoms with Crippen molar-refractivity contribution in [1.29, 1.82) is 0 Å². The van der Waals surface area contributed by atoms with Crippen LogP contribution in [-0.4, -0.2) is 29.8 Å². The third kappa shape index (κ3) is 4.39. The third-order valence-electron chi connectivity index (χ3n) is 1.50. The minimum Gasteiger partial charge on any atom is -0.339 e. The van der Waals surface area contributed by atoms with Crippen LogP contribution in [0, 0.1) is 0 Å². The molecule has 0 heterocycles. The topological polar surface area (TPSA) is 20.3 Å². The second kappa shape index (κ2) is 6.06. The summed E-state index contributed by atoms with van der Waals surface area (Å²) in [5.74, 6) is 0.501. The van der Waals surface area contributed by atoms with Crippen LogP contribution in [0.3, 0.4) is 0 Å². The van der Waals surface area contributed by atoms with Crippen molar-refractivity contribution in [3.8, 4) is 0 Å². The molecule has 0 aromatic heterocycles. The first-order valence-corrected chi connectivity index (χ1v) is 4.63. The van der Waals surface area contributed by atoms with E-state index < -0.39 is 0 Å². The van der Waals surface area contributed by atoms with Gasteiger partial charge in [-0.2, -0.15) is 0 Å². The van der Waals surface area contributed by atoms with Crippen molar-refractivity contribution >= 4 is 17.5 Å². The smallest absolute Gasteiger partial charge is 0.224 e. The lowest BCUT2D eigenvalue weighted by Crippen LogP contribution is -2.32. The van der Waals surface area contributed by atoms with Gasteiger partial charge in [-0.25, -0.2) is 0 Å². The Morgan fingerprint density at radius 1 is 1.58 bits per heavy atom. The number of halogens is 1. The normalized spacial score (nSPS) is 9.58.